The Morgan fingerprint density at radius 2 is 1.56 bits per heavy atom. The van der Waals surface area contributed by atoms with Gasteiger partial charge in [-0.05, 0) is 94.0 Å². The van der Waals surface area contributed by atoms with Crippen LogP contribution in [0.2, 0.25) is 0 Å². The quantitative estimate of drug-likeness (QED) is 0.561. The summed E-state index contributed by atoms with van der Waals surface area (Å²) in [6.07, 6.45) is 2.13. The minimum Gasteiger partial charge on any atom is -0.494 e. The summed E-state index contributed by atoms with van der Waals surface area (Å²) in [5, 5.41) is 0. The first-order valence-electron chi connectivity index (χ1n) is 9.10. The van der Waals surface area contributed by atoms with Crippen molar-refractivity contribution in [2.24, 2.45) is 0 Å². The molecular formula is C22H28N2O. The minimum atomic E-state index is 0.756. The summed E-state index contributed by atoms with van der Waals surface area (Å²) in [6, 6.07) is 10.7. The summed E-state index contributed by atoms with van der Waals surface area (Å²) in [4.78, 5) is 4.71. The number of benzene rings is 2. The number of hydrogen-bond donors (Lipinski definition) is 0. The van der Waals surface area contributed by atoms with E-state index in [0.717, 1.165) is 43.1 Å². The van der Waals surface area contributed by atoms with E-state index in [0.29, 0.717) is 0 Å². The first-order valence-corrected chi connectivity index (χ1v) is 9.10. The highest BCUT2D eigenvalue weighted by molar-refractivity contribution is 5.78. The summed E-state index contributed by atoms with van der Waals surface area (Å²) in [5.41, 5.74) is 7.57. The van der Waals surface area contributed by atoms with Gasteiger partial charge in [0.05, 0.1) is 17.6 Å². The number of unbranched alkanes of at least 4 members (excludes halogenated alkanes) is 1. The number of nitrogens with zero attached hydrogens (tertiary/aromatic N) is 2. The molecule has 0 aliphatic heterocycles. The number of aryl methyl sites for hydroxylation is 6. The Hall–Kier alpha value is -2.29. The first-order chi connectivity index (χ1) is 12.0. The molecule has 0 amide bonds. The molecule has 132 valence electrons. The van der Waals surface area contributed by atoms with Gasteiger partial charge in [0.25, 0.3) is 0 Å². The number of hydrogen-bond acceptors (Lipinski definition) is 2. The van der Waals surface area contributed by atoms with Crippen LogP contribution < -0.4 is 4.74 Å². The minimum absolute atomic E-state index is 0.756. The molecule has 2 aromatic carbocycles. The van der Waals surface area contributed by atoms with Gasteiger partial charge in [0.2, 0.25) is 0 Å². The molecule has 0 saturated carbocycles. The molecule has 0 saturated heterocycles. The molecule has 3 nitrogen and oxygen atoms in total. The van der Waals surface area contributed by atoms with Gasteiger partial charge < -0.3 is 9.30 Å². The van der Waals surface area contributed by atoms with Gasteiger partial charge in [-0.25, -0.2) is 4.98 Å². The smallest absolute Gasteiger partial charge is 0.119 e. The lowest BCUT2D eigenvalue weighted by molar-refractivity contribution is 0.303. The van der Waals surface area contributed by atoms with Crippen LogP contribution in [-0.4, -0.2) is 16.2 Å². The second-order valence-electron chi connectivity index (χ2n) is 7.04. The van der Waals surface area contributed by atoms with E-state index in [1.165, 1.54) is 27.8 Å². The van der Waals surface area contributed by atoms with E-state index in [1.54, 1.807) is 0 Å². The van der Waals surface area contributed by atoms with Crippen LogP contribution in [0.4, 0.5) is 0 Å². The molecule has 0 N–H and O–H groups in total. The van der Waals surface area contributed by atoms with Crippen LogP contribution in [0.25, 0.3) is 11.0 Å². The lowest BCUT2D eigenvalue weighted by Crippen LogP contribution is -2.04. The molecule has 0 atom stereocenters. The summed E-state index contributed by atoms with van der Waals surface area (Å²) < 4.78 is 8.22. The maximum atomic E-state index is 5.89. The van der Waals surface area contributed by atoms with Crippen molar-refractivity contribution in [3.63, 3.8) is 0 Å². The predicted molar refractivity (Wildman–Crippen MR) is 105 cm³/mol. The molecule has 0 bridgehead atoms. The van der Waals surface area contributed by atoms with E-state index < -0.39 is 0 Å². The molecule has 3 rings (SSSR count). The third-order valence-corrected chi connectivity index (χ3v) is 5.08. The topological polar surface area (TPSA) is 27.1 Å². The fourth-order valence-corrected chi connectivity index (χ4v) is 3.15. The highest BCUT2D eigenvalue weighted by Gasteiger charge is 2.08. The van der Waals surface area contributed by atoms with Gasteiger partial charge in [0.15, 0.2) is 0 Å². The average molecular weight is 336 g/mol. The zero-order valence-electron chi connectivity index (χ0n) is 16.0. The van der Waals surface area contributed by atoms with Gasteiger partial charge in [-0.15, -0.1) is 0 Å². The van der Waals surface area contributed by atoms with Crippen LogP contribution in [0.5, 0.6) is 5.75 Å². The summed E-state index contributed by atoms with van der Waals surface area (Å²) in [6.45, 7) is 12.4. The molecule has 1 aromatic heterocycles. The number of ether oxygens (including phenoxy) is 1. The van der Waals surface area contributed by atoms with Gasteiger partial charge in [-0.2, -0.15) is 0 Å². The molecule has 0 radical (unpaired) electrons. The van der Waals surface area contributed by atoms with Crippen molar-refractivity contribution in [1.29, 1.82) is 0 Å². The molecular weight excluding hydrogens is 308 g/mol. The first kappa shape index (κ1) is 17.5. The van der Waals surface area contributed by atoms with Crippen LogP contribution in [0.3, 0.4) is 0 Å². The summed E-state index contributed by atoms with van der Waals surface area (Å²) in [5.74, 6) is 2.06. The SMILES string of the molecule is Cc1ccc(OCCCCn2c(C)nc3cc(C)c(C)cc32)cc1C. The molecule has 0 aliphatic carbocycles. The lowest BCUT2D eigenvalue weighted by Gasteiger charge is -2.10. The van der Waals surface area contributed by atoms with Gasteiger partial charge in [-0.3, -0.25) is 0 Å². The monoisotopic (exact) mass is 336 g/mol. The molecule has 0 fully saturated rings. The number of aromatic nitrogens is 2. The van der Waals surface area contributed by atoms with E-state index in [9.17, 15) is 0 Å². The largest absolute Gasteiger partial charge is 0.494 e. The van der Waals surface area contributed by atoms with Gasteiger partial charge in [0.1, 0.15) is 11.6 Å². The molecule has 3 heteroatoms. The van der Waals surface area contributed by atoms with Crippen molar-refractivity contribution in [2.45, 2.75) is 54.0 Å². The van der Waals surface area contributed by atoms with Crippen molar-refractivity contribution < 1.29 is 4.74 Å². The Bertz CT molecular complexity index is 893. The second-order valence-corrected chi connectivity index (χ2v) is 7.04. The standard InChI is InChI=1S/C22H28N2O/c1-15-8-9-20(12-16(15)2)25-11-7-6-10-24-19(5)23-21-13-17(3)18(4)14-22(21)24/h8-9,12-14H,6-7,10-11H2,1-5H3. The second kappa shape index (κ2) is 7.30. The van der Waals surface area contributed by atoms with Crippen LogP contribution in [0.15, 0.2) is 30.3 Å². The average Bonchev–Trinajstić information content (AvgIpc) is 2.86. The normalized spacial score (nSPS) is 11.2. The van der Waals surface area contributed by atoms with E-state index in [1.807, 2.05) is 0 Å². The van der Waals surface area contributed by atoms with Crippen LogP contribution in [0.1, 0.15) is 40.9 Å². The lowest BCUT2D eigenvalue weighted by atomic mass is 10.1. The Balaban J connectivity index is 1.57. The Labute approximate surface area is 150 Å². The van der Waals surface area contributed by atoms with Crippen molar-refractivity contribution in [3.8, 4) is 5.75 Å². The molecule has 0 spiro atoms. The van der Waals surface area contributed by atoms with Gasteiger partial charge >= 0.3 is 0 Å². The summed E-state index contributed by atoms with van der Waals surface area (Å²) >= 11 is 0. The predicted octanol–water partition coefficient (Wildman–Crippen LogP) is 5.44. The zero-order valence-corrected chi connectivity index (χ0v) is 16.0. The highest BCUT2D eigenvalue weighted by atomic mass is 16.5. The van der Waals surface area contributed by atoms with Crippen LogP contribution in [-0.2, 0) is 6.54 Å². The number of fused-ring (bicyclic) bond motifs is 1. The number of imidazole rings is 1. The Morgan fingerprint density at radius 3 is 2.32 bits per heavy atom. The van der Waals surface area contributed by atoms with Crippen LogP contribution >= 0.6 is 0 Å². The van der Waals surface area contributed by atoms with Crippen molar-refractivity contribution in [1.82, 2.24) is 9.55 Å². The maximum absolute atomic E-state index is 5.89. The van der Waals surface area contributed by atoms with E-state index in [2.05, 4.69) is 69.5 Å². The Kier molecular flexibility index (Phi) is 5.12. The molecule has 0 unspecified atom stereocenters. The molecule has 0 aliphatic rings. The maximum Gasteiger partial charge on any atom is 0.119 e. The number of rotatable bonds is 6. The van der Waals surface area contributed by atoms with Crippen molar-refractivity contribution in [2.75, 3.05) is 6.61 Å². The van der Waals surface area contributed by atoms with Crippen molar-refractivity contribution in [3.05, 3.63) is 58.4 Å². The summed E-state index contributed by atoms with van der Waals surface area (Å²) in [7, 11) is 0. The zero-order chi connectivity index (χ0) is 18.0. The molecule has 3 aromatic rings. The fraction of sp³-hybridized carbons (Fsp3) is 0.409. The van der Waals surface area contributed by atoms with Crippen molar-refractivity contribution >= 4 is 11.0 Å². The third kappa shape index (κ3) is 3.87. The van der Waals surface area contributed by atoms with Gasteiger partial charge in [-0.1, -0.05) is 6.07 Å². The highest BCUT2D eigenvalue weighted by Crippen LogP contribution is 2.21. The third-order valence-electron chi connectivity index (χ3n) is 5.08. The molecule has 25 heavy (non-hydrogen) atoms. The van der Waals surface area contributed by atoms with E-state index in [-0.39, 0.29) is 0 Å². The fourth-order valence-electron chi connectivity index (χ4n) is 3.15. The van der Waals surface area contributed by atoms with E-state index in [4.69, 9.17) is 9.72 Å². The Morgan fingerprint density at radius 1 is 0.840 bits per heavy atom. The van der Waals surface area contributed by atoms with E-state index >= 15 is 0 Å². The van der Waals surface area contributed by atoms with Crippen LogP contribution in [0, 0.1) is 34.6 Å². The molecule has 1 heterocycles. The van der Waals surface area contributed by atoms with Gasteiger partial charge in [0, 0.05) is 6.54 Å².